The van der Waals surface area contributed by atoms with Gasteiger partial charge in [0.15, 0.2) is 5.82 Å². The summed E-state index contributed by atoms with van der Waals surface area (Å²) in [7, 11) is 3.48. The monoisotopic (exact) mass is 367 g/mol. The standard InChI is InChI=1S/C19H21N5OS/c1-13-9-11-15(12-10-13)17-21-22-19(24(17)20)26-16(18(25)23(2)3)14-7-5-4-6-8-14/h4-12,16H,20H2,1-3H3. The fourth-order valence-corrected chi connectivity index (χ4v) is 3.59. The summed E-state index contributed by atoms with van der Waals surface area (Å²) < 4.78 is 1.44. The minimum Gasteiger partial charge on any atom is -0.348 e. The molecule has 0 saturated heterocycles. The van der Waals surface area contributed by atoms with Crippen LogP contribution in [0.25, 0.3) is 11.4 Å². The van der Waals surface area contributed by atoms with Gasteiger partial charge in [-0.15, -0.1) is 10.2 Å². The Labute approximate surface area is 157 Å². The third-order valence-corrected chi connectivity index (χ3v) is 5.16. The molecule has 0 aliphatic heterocycles. The summed E-state index contributed by atoms with van der Waals surface area (Å²) in [6.45, 7) is 2.02. The molecule has 1 amide bonds. The van der Waals surface area contributed by atoms with Crippen LogP contribution >= 0.6 is 11.8 Å². The highest BCUT2D eigenvalue weighted by Gasteiger charge is 2.26. The molecule has 1 atom stereocenters. The second-order valence-corrected chi connectivity index (χ2v) is 7.26. The van der Waals surface area contributed by atoms with Crippen LogP contribution in [-0.2, 0) is 4.79 Å². The van der Waals surface area contributed by atoms with Gasteiger partial charge in [0.25, 0.3) is 0 Å². The van der Waals surface area contributed by atoms with Crippen LogP contribution in [0.15, 0.2) is 59.8 Å². The summed E-state index contributed by atoms with van der Waals surface area (Å²) in [6, 6.07) is 17.5. The van der Waals surface area contributed by atoms with Crippen molar-refractivity contribution in [2.24, 2.45) is 0 Å². The molecule has 1 unspecified atom stereocenters. The highest BCUT2D eigenvalue weighted by Crippen LogP contribution is 2.36. The van der Waals surface area contributed by atoms with Gasteiger partial charge >= 0.3 is 0 Å². The van der Waals surface area contributed by atoms with Crippen LogP contribution in [-0.4, -0.2) is 39.8 Å². The fraction of sp³-hybridized carbons (Fsp3) is 0.211. The lowest BCUT2D eigenvalue weighted by Gasteiger charge is -2.20. The highest BCUT2D eigenvalue weighted by atomic mass is 32.2. The van der Waals surface area contributed by atoms with Gasteiger partial charge in [0.1, 0.15) is 5.25 Å². The number of hydrogen-bond acceptors (Lipinski definition) is 5. The van der Waals surface area contributed by atoms with Gasteiger partial charge in [-0.3, -0.25) is 4.79 Å². The predicted molar refractivity (Wildman–Crippen MR) is 104 cm³/mol. The van der Waals surface area contributed by atoms with Gasteiger partial charge in [-0.05, 0) is 12.5 Å². The molecule has 26 heavy (non-hydrogen) atoms. The number of nitrogens with zero attached hydrogens (tertiary/aromatic N) is 4. The number of thioether (sulfide) groups is 1. The van der Waals surface area contributed by atoms with Crippen molar-refractivity contribution in [1.29, 1.82) is 0 Å². The number of nitrogens with two attached hydrogens (primary N) is 1. The molecular formula is C19H21N5OS. The zero-order valence-electron chi connectivity index (χ0n) is 15.0. The maximum Gasteiger partial charge on any atom is 0.240 e. The van der Waals surface area contributed by atoms with Gasteiger partial charge in [-0.25, -0.2) is 4.68 Å². The van der Waals surface area contributed by atoms with Crippen molar-refractivity contribution < 1.29 is 4.79 Å². The summed E-state index contributed by atoms with van der Waals surface area (Å²) in [4.78, 5) is 14.3. The van der Waals surface area contributed by atoms with Crippen molar-refractivity contribution in [1.82, 2.24) is 19.8 Å². The summed E-state index contributed by atoms with van der Waals surface area (Å²) in [5.41, 5.74) is 2.94. The number of nitrogen functional groups attached to an aromatic ring is 1. The summed E-state index contributed by atoms with van der Waals surface area (Å²) in [5, 5.41) is 8.46. The Kier molecular flexibility index (Phi) is 5.27. The first-order valence-corrected chi connectivity index (χ1v) is 9.05. The van der Waals surface area contributed by atoms with Crippen LogP contribution in [0.1, 0.15) is 16.4 Å². The lowest BCUT2D eigenvalue weighted by atomic mass is 10.1. The number of rotatable bonds is 5. The number of carbonyl (C=O) groups excluding carboxylic acids is 1. The lowest BCUT2D eigenvalue weighted by molar-refractivity contribution is -0.128. The molecule has 0 fully saturated rings. The van der Waals surface area contributed by atoms with Gasteiger partial charge in [0, 0.05) is 19.7 Å². The van der Waals surface area contributed by atoms with E-state index in [-0.39, 0.29) is 5.91 Å². The van der Waals surface area contributed by atoms with E-state index >= 15 is 0 Å². The number of aromatic nitrogens is 3. The molecule has 0 bridgehead atoms. The number of carbonyl (C=O) groups is 1. The Bertz CT molecular complexity index is 890. The van der Waals surface area contributed by atoms with Gasteiger partial charge < -0.3 is 10.7 Å². The Morgan fingerprint density at radius 1 is 1.08 bits per heavy atom. The van der Waals surface area contributed by atoms with Gasteiger partial charge in [-0.2, -0.15) is 0 Å². The normalized spacial score (nSPS) is 12.0. The molecule has 134 valence electrons. The molecule has 0 aliphatic carbocycles. The van der Waals surface area contributed by atoms with Gasteiger partial charge in [-0.1, -0.05) is 71.9 Å². The topological polar surface area (TPSA) is 77.0 Å². The van der Waals surface area contributed by atoms with E-state index in [0.717, 1.165) is 16.7 Å². The van der Waals surface area contributed by atoms with E-state index in [0.29, 0.717) is 11.0 Å². The van der Waals surface area contributed by atoms with E-state index in [1.807, 2.05) is 61.5 Å². The summed E-state index contributed by atoms with van der Waals surface area (Å²) in [6.07, 6.45) is 0. The van der Waals surface area contributed by atoms with Crippen molar-refractivity contribution >= 4 is 17.7 Å². The number of benzene rings is 2. The number of aryl methyl sites for hydroxylation is 1. The molecule has 0 aliphatic rings. The van der Waals surface area contributed by atoms with Crippen molar-refractivity contribution in [3.63, 3.8) is 0 Å². The first-order chi connectivity index (χ1) is 12.5. The van der Waals surface area contributed by atoms with Crippen molar-refractivity contribution in [3.05, 3.63) is 65.7 Å². The SMILES string of the molecule is Cc1ccc(-c2nnc(SC(C(=O)N(C)C)c3ccccc3)n2N)cc1. The molecule has 7 heteroatoms. The largest absolute Gasteiger partial charge is 0.348 e. The second-order valence-electron chi connectivity index (χ2n) is 6.18. The van der Waals surface area contributed by atoms with Gasteiger partial charge in [0.05, 0.1) is 0 Å². The number of hydrogen-bond donors (Lipinski definition) is 1. The summed E-state index contributed by atoms with van der Waals surface area (Å²) in [5.74, 6) is 6.76. The van der Waals surface area contributed by atoms with Crippen molar-refractivity contribution in [2.45, 2.75) is 17.3 Å². The maximum atomic E-state index is 12.7. The third-order valence-electron chi connectivity index (χ3n) is 3.96. The van der Waals surface area contributed by atoms with E-state index in [1.165, 1.54) is 16.4 Å². The zero-order chi connectivity index (χ0) is 18.7. The minimum atomic E-state index is -0.441. The maximum absolute atomic E-state index is 12.7. The molecule has 3 aromatic rings. The Balaban J connectivity index is 1.93. The molecule has 0 saturated carbocycles. The van der Waals surface area contributed by atoms with Crippen LogP contribution in [0, 0.1) is 6.92 Å². The van der Waals surface area contributed by atoms with Crippen LogP contribution in [0.2, 0.25) is 0 Å². The quantitative estimate of drug-likeness (QED) is 0.554. The van der Waals surface area contributed by atoms with Gasteiger partial charge in [0.2, 0.25) is 11.1 Å². The molecule has 6 nitrogen and oxygen atoms in total. The zero-order valence-corrected chi connectivity index (χ0v) is 15.8. The molecule has 1 heterocycles. The first-order valence-electron chi connectivity index (χ1n) is 8.17. The minimum absolute atomic E-state index is 0.0268. The van der Waals surface area contributed by atoms with E-state index in [9.17, 15) is 4.79 Å². The van der Waals surface area contributed by atoms with E-state index in [2.05, 4.69) is 10.2 Å². The van der Waals surface area contributed by atoms with Crippen LogP contribution in [0.3, 0.4) is 0 Å². The van der Waals surface area contributed by atoms with Crippen LogP contribution in [0.4, 0.5) is 0 Å². The lowest BCUT2D eigenvalue weighted by Crippen LogP contribution is -2.27. The van der Waals surface area contributed by atoms with E-state index in [4.69, 9.17) is 5.84 Å². The molecule has 1 aromatic heterocycles. The van der Waals surface area contributed by atoms with Crippen molar-refractivity contribution in [3.8, 4) is 11.4 Å². The Morgan fingerprint density at radius 3 is 2.35 bits per heavy atom. The smallest absolute Gasteiger partial charge is 0.240 e. The first kappa shape index (κ1) is 18.0. The molecule has 3 rings (SSSR count). The summed E-state index contributed by atoms with van der Waals surface area (Å²) >= 11 is 1.30. The average molecular weight is 367 g/mol. The van der Waals surface area contributed by atoms with Crippen LogP contribution in [0.5, 0.6) is 0 Å². The third kappa shape index (κ3) is 3.72. The number of likely N-dealkylation sites (N-methyl/N-ethyl adjacent to an activating group) is 1. The van der Waals surface area contributed by atoms with Crippen LogP contribution < -0.4 is 5.84 Å². The second kappa shape index (κ2) is 7.61. The molecular weight excluding hydrogens is 346 g/mol. The fourth-order valence-electron chi connectivity index (χ4n) is 2.49. The predicted octanol–water partition coefficient (Wildman–Crippen LogP) is 2.89. The number of amides is 1. The Hall–Kier alpha value is -2.80. The van der Waals surface area contributed by atoms with E-state index in [1.54, 1.807) is 19.0 Å². The average Bonchev–Trinajstić information content (AvgIpc) is 3.01. The molecule has 2 aromatic carbocycles. The molecule has 0 spiro atoms. The highest BCUT2D eigenvalue weighted by molar-refractivity contribution is 8.00. The van der Waals surface area contributed by atoms with Crippen molar-refractivity contribution in [2.75, 3.05) is 19.9 Å². The molecule has 2 N–H and O–H groups in total. The van der Waals surface area contributed by atoms with E-state index < -0.39 is 5.25 Å². The Morgan fingerprint density at radius 2 is 1.73 bits per heavy atom. The molecule has 0 radical (unpaired) electrons.